The number of benzene rings is 1. The number of hydrogen-bond acceptors (Lipinski definition) is 3. The van der Waals surface area contributed by atoms with Crippen LogP contribution in [0.4, 0.5) is 13.2 Å². The summed E-state index contributed by atoms with van der Waals surface area (Å²) in [4.78, 5) is 0. The minimum atomic E-state index is -3.21. The Kier molecular flexibility index (Phi) is 3.33. The van der Waals surface area contributed by atoms with E-state index in [1.165, 1.54) is 0 Å². The van der Waals surface area contributed by atoms with Crippen molar-refractivity contribution in [1.82, 2.24) is 0 Å². The lowest BCUT2D eigenvalue weighted by atomic mass is 9.86. The molecule has 2 aliphatic rings. The second-order valence-corrected chi connectivity index (χ2v) is 8.59. The molecule has 0 aromatic heterocycles. The van der Waals surface area contributed by atoms with Crippen LogP contribution >= 0.6 is 0 Å². The molecule has 1 N–H and O–H groups in total. The fraction of sp³-hybridized carbons (Fsp3) is 0.571. The number of fused-ring (bicyclic) bond motifs is 2. The van der Waals surface area contributed by atoms with Crippen LogP contribution in [0.25, 0.3) is 0 Å². The van der Waals surface area contributed by atoms with Crippen LogP contribution in [-0.4, -0.2) is 29.6 Å². The minimum absolute atomic E-state index is 0.0181. The summed E-state index contributed by atoms with van der Waals surface area (Å²) >= 11 is 0. The van der Waals surface area contributed by atoms with Gasteiger partial charge in [-0.25, -0.2) is 21.6 Å². The molecule has 0 aliphatic carbocycles. The van der Waals surface area contributed by atoms with Crippen LogP contribution in [0, 0.1) is 17.5 Å². The Balaban J connectivity index is 1.88. The molecule has 3 nitrogen and oxygen atoms in total. The molecule has 3 rings (SSSR count). The molecule has 0 spiro atoms. The Morgan fingerprint density at radius 3 is 2.14 bits per heavy atom. The summed E-state index contributed by atoms with van der Waals surface area (Å²) in [6.07, 6.45) is 0.818. The summed E-state index contributed by atoms with van der Waals surface area (Å²) in [7, 11) is -3.21. The van der Waals surface area contributed by atoms with E-state index in [0.717, 1.165) is 6.07 Å². The van der Waals surface area contributed by atoms with E-state index in [2.05, 4.69) is 0 Å². The molecule has 2 atom stereocenters. The quantitative estimate of drug-likeness (QED) is 0.849. The molecular weight excluding hydrogens is 305 g/mol. The van der Waals surface area contributed by atoms with Crippen LogP contribution in [0.2, 0.25) is 0 Å². The van der Waals surface area contributed by atoms with Crippen LogP contribution in [-0.2, 0) is 16.3 Å². The predicted octanol–water partition coefficient (Wildman–Crippen LogP) is 2.12. The third kappa shape index (κ3) is 2.46. The van der Waals surface area contributed by atoms with E-state index < -0.39 is 43.4 Å². The van der Waals surface area contributed by atoms with Crippen molar-refractivity contribution < 1.29 is 26.7 Å². The first-order valence-electron chi connectivity index (χ1n) is 6.80. The van der Waals surface area contributed by atoms with Crippen molar-refractivity contribution in [2.75, 3.05) is 0 Å². The highest BCUT2D eigenvalue weighted by molar-refractivity contribution is 7.93. The first kappa shape index (κ1) is 14.8. The normalized spacial score (nSPS) is 34.1. The molecule has 21 heavy (non-hydrogen) atoms. The summed E-state index contributed by atoms with van der Waals surface area (Å²) in [6.45, 7) is 0. The molecule has 0 amide bonds. The highest BCUT2D eigenvalue weighted by Crippen LogP contribution is 2.44. The van der Waals surface area contributed by atoms with Crippen LogP contribution in [0.3, 0.4) is 0 Å². The van der Waals surface area contributed by atoms with Crippen molar-refractivity contribution in [3.8, 4) is 0 Å². The lowest BCUT2D eigenvalue weighted by Crippen LogP contribution is -2.46. The van der Waals surface area contributed by atoms with E-state index in [1.54, 1.807) is 0 Å². The molecule has 0 saturated carbocycles. The number of aliphatic hydroxyl groups is 1. The maximum atomic E-state index is 13.7. The smallest absolute Gasteiger partial charge is 0.161 e. The molecule has 2 unspecified atom stereocenters. The third-order valence-corrected chi connectivity index (χ3v) is 7.23. The third-order valence-electron chi connectivity index (χ3n) is 4.56. The molecule has 2 heterocycles. The molecule has 0 radical (unpaired) electrons. The average Bonchev–Trinajstić information content (AvgIpc) is 2.57. The van der Waals surface area contributed by atoms with E-state index in [-0.39, 0.29) is 24.8 Å². The minimum Gasteiger partial charge on any atom is -0.389 e. The zero-order valence-electron chi connectivity index (χ0n) is 11.2. The van der Waals surface area contributed by atoms with Crippen LogP contribution in [0.15, 0.2) is 12.1 Å². The lowest BCUT2D eigenvalue weighted by molar-refractivity contribution is 0.0211. The number of hydrogen-bond donors (Lipinski definition) is 1. The maximum absolute atomic E-state index is 13.7. The van der Waals surface area contributed by atoms with Crippen LogP contribution in [0.5, 0.6) is 0 Å². The van der Waals surface area contributed by atoms with Gasteiger partial charge in [-0.1, -0.05) is 0 Å². The molecule has 2 aliphatic heterocycles. The fourth-order valence-electron chi connectivity index (χ4n) is 3.54. The number of sulfone groups is 1. The SMILES string of the molecule is O=S1(=O)C2CCC1CC(O)(Cc1cc(F)c(F)cc1F)C2. The van der Waals surface area contributed by atoms with Gasteiger partial charge in [-0.05, 0) is 37.3 Å². The molecule has 7 heteroatoms. The number of halogens is 3. The van der Waals surface area contributed by atoms with Crippen LogP contribution in [0.1, 0.15) is 31.2 Å². The highest BCUT2D eigenvalue weighted by atomic mass is 32.2. The topological polar surface area (TPSA) is 54.4 Å². The Labute approximate surface area is 120 Å². The second-order valence-electron chi connectivity index (χ2n) is 6.08. The Bertz CT molecular complexity index is 667. The van der Waals surface area contributed by atoms with Gasteiger partial charge < -0.3 is 5.11 Å². The molecule has 116 valence electrons. The first-order chi connectivity index (χ1) is 9.71. The van der Waals surface area contributed by atoms with Gasteiger partial charge in [0.05, 0.1) is 16.1 Å². The molecular formula is C14H15F3O3S. The monoisotopic (exact) mass is 320 g/mol. The predicted molar refractivity (Wildman–Crippen MR) is 69.9 cm³/mol. The van der Waals surface area contributed by atoms with Crippen molar-refractivity contribution >= 4 is 9.84 Å². The number of rotatable bonds is 2. The van der Waals surface area contributed by atoms with E-state index in [1.807, 2.05) is 0 Å². The van der Waals surface area contributed by atoms with Crippen molar-refractivity contribution in [2.45, 2.75) is 48.2 Å². The zero-order valence-corrected chi connectivity index (χ0v) is 12.0. The van der Waals surface area contributed by atoms with E-state index >= 15 is 0 Å². The van der Waals surface area contributed by atoms with Gasteiger partial charge >= 0.3 is 0 Å². The molecule has 2 bridgehead atoms. The Morgan fingerprint density at radius 2 is 1.57 bits per heavy atom. The van der Waals surface area contributed by atoms with Gasteiger partial charge in [0.25, 0.3) is 0 Å². The van der Waals surface area contributed by atoms with Gasteiger partial charge in [-0.2, -0.15) is 0 Å². The van der Waals surface area contributed by atoms with Crippen molar-refractivity contribution in [2.24, 2.45) is 0 Å². The summed E-state index contributed by atoms with van der Waals surface area (Å²) in [6, 6.07) is 1.18. The van der Waals surface area contributed by atoms with E-state index in [4.69, 9.17) is 0 Å². The van der Waals surface area contributed by atoms with Crippen LogP contribution < -0.4 is 0 Å². The van der Waals surface area contributed by atoms with E-state index in [0.29, 0.717) is 18.9 Å². The van der Waals surface area contributed by atoms with Crippen molar-refractivity contribution in [1.29, 1.82) is 0 Å². The van der Waals surface area contributed by atoms with Gasteiger partial charge in [0.15, 0.2) is 21.5 Å². The first-order valence-corrected chi connectivity index (χ1v) is 8.41. The highest BCUT2D eigenvalue weighted by Gasteiger charge is 2.52. The largest absolute Gasteiger partial charge is 0.389 e. The summed E-state index contributed by atoms with van der Waals surface area (Å²) < 4.78 is 63.8. The van der Waals surface area contributed by atoms with Gasteiger partial charge in [0.1, 0.15) is 5.82 Å². The maximum Gasteiger partial charge on any atom is 0.161 e. The Morgan fingerprint density at radius 1 is 1.05 bits per heavy atom. The average molecular weight is 320 g/mol. The Hall–Kier alpha value is -1.08. The summed E-state index contributed by atoms with van der Waals surface area (Å²) in [5.74, 6) is -3.39. The van der Waals surface area contributed by atoms with Gasteiger partial charge in [-0.15, -0.1) is 0 Å². The van der Waals surface area contributed by atoms with Gasteiger partial charge in [0, 0.05) is 12.5 Å². The molecule has 2 fully saturated rings. The summed E-state index contributed by atoms with van der Waals surface area (Å²) in [5, 5.41) is 9.34. The molecule has 1 aromatic rings. The van der Waals surface area contributed by atoms with Crippen molar-refractivity contribution in [3.05, 3.63) is 35.1 Å². The molecule has 2 saturated heterocycles. The lowest BCUT2D eigenvalue weighted by Gasteiger charge is -2.36. The van der Waals surface area contributed by atoms with Crippen molar-refractivity contribution in [3.63, 3.8) is 0 Å². The standard InChI is InChI=1S/C14H15F3O3S/c15-11-4-13(17)12(16)3-8(11)5-14(18)6-9-1-2-10(7-14)21(9,19)20/h3-4,9-10,18H,1-2,5-7H2. The summed E-state index contributed by atoms with van der Waals surface area (Å²) in [5.41, 5.74) is -1.52. The van der Waals surface area contributed by atoms with Gasteiger partial charge in [0.2, 0.25) is 0 Å². The van der Waals surface area contributed by atoms with Gasteiger partial charge in [-0.3, -0.25) is 0 Å². The fourth-order valence-corrected chi connectivity index (χ4v) is 6.10. The zero-order chi connectivity index (χ0) is 15.4. The van der Waals surface area contributed by atoms with E-state index in [9.17, 15) is 26.7 Å². The second kappa shape index (κ2) is 4.71. The molecule has 1 aromatic carbocycles.